The number of aliphatic hydroxyl groups is 1. The van der Waals surface area contributed by atoms with Crippen LogP contribution < -0.4 is 5.32 Å². The first kappa shape index (κ1) is 15.4. The van der Waals surface area contributed by atoms with Crippen LogP contribution in [-0.4, -0.2) is 36.9 Å². The van der Waals surface area contributed by atoms with Crippen LogP contribution in [0.15, 0.2) is 0 Å². The fourth-order valence-corrected chi connectivity index (χ4v) is 2.64. The van der Waals surface area contributed by atoms with Gasteiger partial charge in [-0.05, 0) is 17.8 Å². The van der Waals surface area contributed by atoms with E-state index in [1.54, 1.807) is 14.0 Å². The second-order valence-electron chi connectivity index (χ2n) is 6.83. The molecule has 18 heavy (non-hydrogen) atoms. The lowest BCUT2D eigenvalue weighted by Gasteiger charge is -2.23. The summed E-state index contributed by atoms with van der Waals surface area (Å²) in [6, 6.07) is 0. The fourth-order valence-electron chi connectivity index (χ4n) is 2.64. The highest BCUT2D eigenvalue weighted by molar-refractivity contribution is 5.84. The number of amides is 1. The zero-order valence-corrected chi connectivity index (χ0v) is 12.5. The highest BCUT2D eigenvalue weighted by Crippen LogP contribution is 2.68. The fraction of sp³-hybridized carbons (Fsp3) is 0.929. The van der Waals surface area contributed by atoms with Crippen molar-refractivity contribution in [1.82, 2.24) is 5.32 Å². The molecule has 1 atom stereocenters. The second-order valence-corrected chi connectivity index (χ2v) is 6.83. The molecule has 0 radical (unpaired) electrons. The summed E-state index contributed by atoms with van der Waals surface area (Å²) in [6.45, 7) is 10.9. The molecule has 0 heterocycles. The van der Waals surface area contributed by atoms with Crippen molar-refractivity contribution < 1.29 is 14.6 Å². The Kier molecular flexibility index (Phi) is 4.13. The van der Waals surface area contributed by atoms with E-state index in [-0.39, 0.29) is 29.2 Å². The van der Waals surface area contributed by atoms with E-state index in [0.29, 0.717) is 13.0 Å². The van der Waals surface area contributed by atoms with E-state index in [9.17, 15) is 9.90 Å². The standard InChI is InChI=1S/C14H27NO3/c1-12(2)10(13(12,3)4)11(16)15-9-14(5,17)7-8-18-6/h10,17H,7-9H2,1-6H3,(H,15,16). The summed E-state index contributed by atoms with van der Waals surface area (Å²) >= 11 is 0. The second kappa shape index (κ2) is 4.82. The van der Waals surface area contributed by atoms with E-state index in [1.807, 2.05) is 0 Å². The third-order valence-electron chi connectivity index (χ3n) is 4.77. The first-order chi connectivity index (χ1) is 8.06. The molecule has 1 aliphatic rings. The van der Waals surface area contributed by atoms with Gasteiger partial charge >= 0.3 is 0 Å². The van der Waals surface area contributed by atoms with Gasteiger partial charge in [0.1, 0.15) is 0 Å². The van der Waals surface area contributed by atoms with Crippen LogP contribution in [-0.2, 0) is 9.53 Å². The van der Waals surface area contributed by atoms with Crippen molar-refractivity contribution in [3.05, 3.63) is 0 Å². The van der Waals surface area contributed by atoms with Crippen molar-refractivity contribution in [2.75, 3.05) is 20.3 Å². The van der Waals surface area contributed by atoms with Gasteiger partial charge in [-0.3, -0.25) is 4.79 Å². The molecule has 0 saturated heterocycles. The van der Waals surface area contributed by atoms with Gasteiger partial charge in [0, 0.05) is 32.6 Å². The summed E-state index contributed by atoms with van der Waals surface area (Å²) in [5.74, 6) is 0.0749. The topological polar surface area (TPSA) is 58.6 Å². The minimum atomic E-state index is -0.908. The Balaban J connectivity index is 2.44. The lowest BCUT2D eigenvalue weighted by Crippen LogP contribution is -2.42. The molecule has 0 aliphatic heterocycles. The van der Waals surface area contributed by atoms with Gasteiger partial charge in [0.25, 0.3) is 0 Å². The molecule has 4 heteroatoms. The Labute approximate surface area is 110 Å². The van der Waals surface area contributed by atoms with Crippen LogP contribution in [0.2, 0.25) is 0 Å². The van der Waals surface area contributed by atoms with E-state index in [2.05, 4.69) is 33.0 Å². The Morgan fingerprint density at radius 2 is 1.83 bits per heavy atom. The van der Waals surface area contributed by atoms with Gasteiger partial charge in [-0.2, -0.15) is 0 Å². The largest absolute Gasteiger partial charge is 0.388 e. The molecule has 1 saturated carbocycles. The van der Waals surface area contributed by atoms with Gasteiger partial charge < -0.3 is 15.2 Å². The minimum Gasteiger partial charge on any atom is -0.388 e. The van der Waals surface area contributed by atoms with Crippen molar-refractivity contribution in [3.63, 3.8) is 0 Å². The zero-order chi connectivity index (χ0) is 14.2. The molecule has 1 rings (SSSR count). The normalized spacial score (nSPS) is 24.4. The molecule has 0 aromatic heterocycles. The zero-order valence-electron chi connectivity index (χ0n) is 12.5. The minimum absolute atomic E-state index is 0.0308. The average Bonchev–Trinajstić information content (AvgIpc) is 2.64. The number of nitrogens with one attached hydrogen (secondary N) is 1. The van der Waals surface area contributed by atoms with Crippen molar-refractivity contribution >= 4 is 5.91 Å². The van der Waals surface area contributed by atoms with E-state index in [0.717, 1.165) is 0 Å². The summed E-state index contributed by atoms with van der Waals surface area (Å²) in [7, 11) is 1.60. The van der Waals surface area contributed by atoms with Gasteiger partial charge in [0.15, 0.2) is 0 Å². The average molecular weight is 257 g/mol. The van der Waals surface area contributed by atoms with E-state index in [4.69, 9.17) is 4.74 Å². The molecule has 2 N–H and O–H groups in total. The predicted molar refractivity (Wildman–Crippen MR) is 71.2 cm³/mol. The molecule has 0 aromatic rings. The van der Waals surface area contributed by atoms with E-state index in [1.165, 1.54) is 0 Å². The van der Waals surface area contributed by atoms with Crippen LogP contribution in [0.4, 0.5) is 0 Å². The Hall–Kier alpha value is -0.610. The SMILES string of the molecule is COCCC(C)(O)CNC(=O)C1C(C)(C)C1(C)C. The van der Waals surface area contributed by atoms with Crippen molar-refractivity contribution in [2.24, 2.45) is 16.7 Å². The molecule has 4 nitrogen and oxygen atoms in total. The highest BCUT2D eigenvalue weighted by atomic mass is 16.5. The van der Waals surface area contributed by atoms with Gasteiger partial charge in [-0.15, -0.1) is 0 Å². The molecule has 0 bridgehead atoms. The quantitative estimate of drug-likeness (QED) is 0.759. The predicted octanol–water partition coefficient (Wildman–Crippen LogP) is 1.57. The van der Waals surface area contributed by atoms with Crippen LogP contribution in [0.1, 0.15) is 41.0 Å². The van der Waals surface area contributed by atoms with Gasteiger partial charge in [0.05, 0.1) is 5.60 Å². The molecule has 1 unspecified atom stereocenters. The van der Waals surface area contributed by atoms with Gasteiger partial charge in [-0.1, -0.05) is 27.7 Å². The molecule has 1 amide bonds. The number of carbonyl (C=O) groups excluding carboxylic acids is 1. The number of hydrogen-bond donors (Lipinski definition) is 2. The molecule has 106 valence electrons. The molecular formula is C14H27NO3. The Morgan fingerprint density at radius 3 is 2.22 bits per heavy atom. The lowest BCUT2D eigenvalue weighted by atomic mass is 10.0. The molecule has 1 aliphatic carbocycles. The number of methoxy groups -OCH3 is 1. The maximum Gasteiger partial charge on any atom is 0.224 e. The number of rotatable bonds is 6. The first-order valence-electron chi connectivity index (χ1n) is 6.55. The van der Waals surface area contributed by atoms with E-state index < -0.39 is 5.60 Å². The summed E-state index contributed by atoms with van der Waals surface area (Å²) in [5.41, 5.74) is -0.834. The Morgan fingerprint density at radius 1 is 1.33 bits per heavy atom. The van der Waals surface area contributed by atoms with E-state index >= 15 is 0 Å². The summed E-state index contributed by atoms with van der Waals surface area (Å²) in [6.07, 6.45) is 0.515. The lowest BCUT2D eigenvalue weighted by molar-refractivity contribution is -0.124. The smallest absolute Gasteiger partial charge is 0.224 e. The van der Waals surface area contributed by atoms with Crippen molar-refractivity contribution in [3.8, 4) is 0 Å². The van der Waals surface area contributed by atoms with Crippen LogP contribution in [0.5, 0.6) is 0 Å². The third-order valence-corrected chi connectivity index (χ3v) is 4.77. The summed E-state index contributed by atoms with van der Waals surface area (Å²) < 4.78 is 4.94. The molecule has 0 spiro atoms. The highest BCUT2D eigenvalue weighted by Gasteiger charge is 2.68. The first-order valence-corrected chi connectivity index (χ1v) is 6.55. The van der Waals surface area contributed by atoms with Crippen molar-refractivity contribution in [2.45, 2.75) is 46.6 Å². The molecule has 0 aromatic carbocycles. The van der Waals surface area contributed by atoms with Crippen LogP contribution in [0, 0.1) is 16.7 Å². The Bertz CT molecular complexity index is 307. The molecule has 1 fully saturated rings. The summed E-state index contributed by atoms with van der Waals surface area (Å²) in [5, 5.41) is 12.9. The molecular weight excluding hydrogens is 230 g/mol. The van der Waals surface area contributed by atoms with Crippen LogP contribution in [0.25, 0.3) is 0 Å². The van der Waals surface area contributed by atoms with Crippen molar-refractivity contribution in [1.29, 1.82) is 0 Å². The van der Waals surface area contributed by atoms with Gasteiger partial charge in [0.2, 0.25) is 5.91 Å². The maximum absolute atomic E-state index is 12.1. The van der Waals surface area contributed by atoms with Crippen LogP contribution >= 0.6 is 0 Å². The maximum atomic E-state index is 12.1. The summed E-state index contributed by atoms with van der Waals surface area (Å²) in [4.78, 5) is 12.1. The number of ether oxygens (including phenoxy) is 1. The number of carbonyl (C=O) groups is 1. The third kappa shape index (κ3) is 2.86. The van der Waals surface area contributed by atoms with Gasteiger partial charge in [-0.25, -0.2) is 0 Å². The van der Waals surface area contributed by atoms with Crippen LogP contribution in [0.3, 0.4) is 0 Å². The monoisotopic (exact) mass is 257 g/mol. The number of hydrogen-bond acceptors (Lipinski definition) is 3.